The van der Waals surface area contributed by atoms with Crippen molar-refractivity contribution in [1.29, 1.82) is 0 Å². The van der Waals surface area contributed by atoms with Crippen LogP contribution in [0.25, 0.3) is 10.2 Å². The Morgan fingerprint density at radius 1 is 1.63 bits per heavy atom. The van der Waals surface area contributed by atoms with Gasteiger partial charge in [0, 0.05) is 20.1 Å². The van der Waals surface area contributed by atoms with Crippen LogP contribution in [0.1, 0.15) is 22.3 Å². The predicted octanol–water partition coefficient (Wildman–Crippen LogP) is 2.17. The summed E-state index contributed by atoms with van der Waals surface area (Å²) in [6.07, 6.45) is 1.72. The minimum Gasteiger partial charge on any atom is -0.397 e. The van der Waals surface area contributed by atoms with Crippen molar-refractivity contribution < 1.29 is 4.79 Å². The summed E-state index contributed by atoms with van der Waals surface area (Å²) in [5.74, 6) is -0.0412. The van der Waals surface area contributed by atoms with E-state index in [1.807, 2.05) is 20.9 Å². The summed E-state index contributed by atoms with van der Waals surface area (Å²) >= 11 is 1.40. The molecule has 0 aliphatic heterocycles. The third-order valence-electron chi connectivity index (χ3n) is 3.09. The number of fused-ring (bicyclic) bond motifs is 1. The molecule has 1 amide bonds. The molecule has 0 fully saturated rings. The van der Waals surface area contributed by atoms with Crippen molar-refractivity contribution in [3.05, 3.63) is 23.2 Å². The second-order valence-corrected chi connectivity index (χ2v) is 5.37. The van der Waals surface area contributed by atoms with Crippen molar-refractivity contribution in [1.82, 2.24) is 14.7 Å². The molecule has 2 aromatic rings. The molecule has 0 unspecified atom stereocenters. The van der Waals surface area contributed by atoms with Gasteiger partial charge in [-0.2, -0.15) is 5.10 Å². The van der Waals surface area contributed by atoms with E-state index in [1.165, 1.54) is 11.3 Å². The second kappa shape index (κ2) is 5.05. The zero-order valence-electron chi connectivity index (χ0n) is 11.4. The lowest BCUT2D eigenvalue weighted by molar-refractivity contribution is 0.0788. The van der Waals surface area contributed by atoms with E-state index in [-0.39, 0.29) is 5.91 Å². The van der Waals surface area contributed by atoms with Gasteiger partial charge in [0.15, 0.2) is 0 Å². The van der Waals surface area contributed by atoms with Crippen molar-refractivity contribution in [2.24, 2.45) is 7.05 Å². The van der Waals surface area contributed by atoms with Gasteiger partial charge in [-0.3, -0.25) is 9.48 Å². The number of hydrogen-bond acceptors (Lipinski definition) is 4. The van der Waals surface area contributed by atoms with E-state index in [0.29, 0.717) is 23.7 Å². The van der Waals surface area contributed by atoms with Crippen LogP contribution in [-0.2, 0) is 7.05 Å². The lowest BCUT2D eigenvalue weighted by atomic mass is 10.2. The van der Waals surface area contributed by atoms with E-state index in [4.69, 9.17) is 5.73 Å². The molecule has 2 N–H and O–H groups in total. The lowest BCUT2D eigenvalue weighted by Crippen LogP contribution is -2.30. The molecule has 0 saturated carbocycles. The maximum Gasteiger partial charge on any atom is 0.266 e. The summed E-state index contributed by atoms with van der Waals surface area (Å²) in [7, 11) is 1.86. The highest BCUT2D eigenvalue weighted by Gasteiger charge is 2.23. The Balaban J connectivity index is 2.51. The van der Waals surface area contributed by atoms with Gasteiger partial charge in [-0.1, -0.05) is 6.08 Å². The molecule has 102 valence electrons. The van der Waals surface area contributed by atoms with Gasteiger partial charge >= 0.3 is 0 Å². The van der Waals surface area contributed by atoms with E-state index >= 15 is 0 Å². The molecule has 0 radical (unpaired) electrons. The Hall–Kier alpha value is -1.82. The number of likely N-dealkylation sites (N-methyl/N-ethyl adjacent to an activating group) is 1. The van der Waals surface area contributed by atoms with Gasteiger partial charge in [-0.25, -0.2) is 0 Å². The molecule has 0 saturated heterocycles. The summed E-state index contributed by atoms with van der Waals surface area (Å²) in [6.45, 7) is 8.68. The number of aryl methyl sites for hydroxylation is 2. The Labute approximate surface area is 116 Å². The smallest absolute Gasteiger partial charge is 0.266 e. The highest BCUT2D eigenvalue weighted by Crippen LogP contribution is 2.36. The number of hydrogen-bond donors (Lipinski definition) is 1. The minimum absolute atomic E-state index is 0.0412. The second-order valence-electron chi connectivity index (χ2n) is 4.37. The topological polar surface area (TPSA) is 64.2 Å². The Morgan fingerprint density at radius 2 is 2.32 bits per heavy atom. The number of carbonyl (C=O) groups excluding carboxylic acids is 1. The number of nitrogens with two attached hydrogens (primary N) is 1. The number of rotatable bonds is 4. The van der Waals surface area contributed by atoms with Crippen LogP contribution in [0.5, 0.6) is 0 Å². The first kappa shape index (κ1) is 13.6. The van der Waals surface area contributed by atoms with Crippen LogP contribution in [0.3, 0.4) is 0 Å². The van der Waals surface area contributed by atoms with Crippen molar-refractivity contribution in [3.63, 3.8) is 0 Å². The summed E-state index contributed by atoms with van der Waals surface area (Å²) in [5.41, 5.74) is 7.52. The first-order chi connectivity index (χ1) is 9.01. The normalized spacial score (nSPS) is 10.9. The molecule has 0 spiro atoms. The van der Waals surface area contributed by atoms with Crippen molar-refractivity contribution >= 4 is 33.1 Å². The van der Waals surface area contributed by atoms with Crippen LogP contribution < -0.4 is 5.73 Å². The van der Waals surface area contributed by atoms with Crippen LogP contribution in [0.4, 0.5) is 5.69 Å². The molecule has 0 bridgehead atoms. The molecular formula is C13H18N4OS. The number of thiophene rings is 1. The fraction of sp³-hybridized carbons (Fsp3) is 0.385. The van der Waals surface area contributed by atoms with Crippen molar-refractivity contribution in [3.8, 4) is 0 Å². The molecule has 2 aromatic heterocycles. The van der Waals surface area contributed by atoms with E-state index in [2.05, 4.69) is 11.7 Å². The van der Waals surface area contributed by atoms with Gasteiger partial charge in [0.1, 0.15) is 9.71 Å². The van der Waals surface area contributed by atoms with Crippen LogP contribution in [0.2, 0.25) is 0 Å². The molecule has 6 heteroatoms. The highest BCUT2D eigenvalue weighted by molar-refractivity contribution is 7.21. The molecular weight excluding hydrogens is 260 g/mol. The van der Waals surface area contributed by atoms with Crippen molar-refractivity contribution in [2.75, 3.05) is 18.8 Å². The maximum atomic E-state index is 12.5. The van der Waals surface area contributed by atoms with Gasteiger partial charge < -0.3 is 10.6 Å². The molecule has 2 heterocycles. The molecule has 0 aromatic carbocycles. The number of aromatic nitrogens is 2. The maximum absolute atomic E-state index is 12.5. The molecule has 0 aliphatic rings. The number of nitrogen functional groups attached to an aromatic ring is 1. The number of carbonyl (C=O) groups is 1. The zero-order chi connectivity index (χ0) is 14.2. The Morgan fingerprint density at radius 3 is 2.84 bits per heavy atom. The van der Waals surface area contributed by atoms with E-state index in [9.17, 15) is 4.79 Å². The summed E-state index contributed by atoms with van der Waals surface area (Å²) in [5, 5.41) is 5.21. The highest BCUT2D eigenvalue weighted by atomic mass is 32.1. The van der Waals surface area contributed by atoms with Crippen LogP contribution in [0, 0.1) is 6.92 Å². The lowest BCUT2D eigenvalue weighted by Gasteiger charge is -2.18. The molecule has 5 nitrogen and oxygen atoms in total. The van der Waals surface area contributed by atoms with E-state index < -0.39 is 0 Å². The summed E-state index contributed by atoms with van der Waals surface area (Å²) < 4.78 is 1.77. The molecule has 19 heavy (non-hydrogen) atoms. The van der Waals surface area contributed by atoms with Crippen LogP contribution in [0.15, 0.2) is 12.7 Å². The quantitative estimate of drug-likeness (QED) is 0.872. The zero-order valence-corrected chi connectivity index (χ0v) is 12.3. The Kier molecular flexibility index (Phi) is 3.61. The molecule has 2 rings (SSSR count). The fourth-order valence-corrected chi connectivity index (χ4v) is 3.30. The molecule has 0 aliphatic carbocycles. The monoisotopic (exact) mass is 278 g/mol. The third-order valence-corrected chi connectivity index (χ3v) is 4.36. The van der Waals surface area contributed by atoms with Crippen LogP contribution >= 0.6 is 11.3 Å². The van der Waals surface area contributed by atoms with Crippen molar-refractivity contribution in [2.45, 2.75) is 13.8 Å². The SMILES string of the molecule is C=CCN(CC)C(=O)c1sc2c(c(C)nn2C)c1N. The van der Waals surface area contributed by atoms with Crippen LogP contribution in [-0.4, -0.2) is 33.7 Å². The van der Waals surface area contributed by atoms with Gasteiger partial charge in [-0.05, 0) is 13.8 Å². The fourth-order valence-electron chi connectivity index (χ4n) is 2.14. The minimum atomic E-state index is -0.0412. The summed E-state index contributed by atoms with van der Waals surface area (Å²) in [4.78, 5) is 15.7. The van der Waals surface area contributed by atoms with Gasteiger partial charge in [0.25, 0.3) is 5.91 Å². The third kappa shape index (κ3) is 2.12. The van der Waals surface area contributed by atoms with E-state index in [0.717, 1.165) is 15.9 Å². The number of anilines is 1. The number of amides is 1. The largest absolute Gasteiger partial charge is 0.397 e. The summed E-state index contributed by atoms with van der Waals surface area (Å²) in [6, 6.07) is 0. The van der Waals surface area contributed by atoms with Gasteiger partial charge in [0.2, 0.25) is 0 Å². The van der Waals surface area contributed by atoms with Gasteiger partial charge in [0.05, 0.1) is 16.8 Å². The van der Waals surface area contributed by atoms with Gasteiger partial charge in [-0.15, -0.1) is 17.9 Å². The first-order valence-electron chi connectivity index (χ1n) is 6.13. The molecule has 0 atom stereocenters. The average Bonchev–Trinajstić information content (AvgIpc) is 2.85. The van der Waals surface area contributed by atoms with E-state index in [1.54, 1.807) is 15.7 Å². The Bertz CT molecular complexity index is 641. The first-order valence-corrected chi connectivity index (χ1v) is 6.94. The standard InChI is InChI=1S/C13H18N4OS/c1-5-7-17(6-2)12(18)11-10(14)9-8(3)15-16(4)13(9)19-11/h5H,1,6-7,14H2,2-4H3. The number of nitrogens with zero attached hydrogens (tertiary/aromatic N) is 3. The predicted molar refractivity (Wildman–Crippen MR) is 79.5 cm³/mol. The average molecular weight is 278 g/mol.